The molecule has 6 nitrogen and oxygen atoms in total. The quantitative estimate of drug-likeness (QED) is 0.558. The van der Waals surface area contributed by atoms with Gasteiger partial charge in [0.05, 0.1) is 12.7 Å². The lowest BCUT2D eigenvalue weighted by Crippen LogP contribution is -2.63. The van der Waals surface area contributed by atoms with Crippen LogP contribution in [0.2, 0.25) is 0 Å². The highest BCUT2D eigenvalue weighted by Crippen LogP contribution is 2.62. The Morgan fingerprint density at radius 3 is 2.55 bits per heavy atom. The summed E-state index contributed by atoms with van der Waals surface area (Å²) in [6.07, 6.45) is 3.81. The molecule has 2 aliphatic rings. The van der Waals surface area contributed by atoms with Gasteiger partial charge in [-0.3, -0.25) is 4.79 Å². The number of rotatable bonds is 6. The summed E-state index contributed by atoms with van der Waals surface area (Å²) < 4.78 is 10.9. The molecule has 2 aliphatic carbocycles. The van der Waals surface area contributed by atoms with E-state index >= 15 is 0 Å². The molecule has 0 aliphatic heterocycles. The summed E-state index contributed by atoms with van der Waals surface area (Å²) >= 11 is 0. The van der Waals surface area contributed by atoms with Gasteiger partial charge in [0.15, 0.2) is 0 Å². The van der Waals surface area contributed by atoms with Crippen LogP contribution in [0.15, 0.2) is 23.8 Å². The maximum atomic E-state index is 12.8. The maximum absolute atomic E-state index is 12.8. The summed E-state index contributed by atoms with van der Waals surface area (Å²) in [5.41, 5.74) is -0.219. The molecule has 0 spiro atoms. The number of phenols is 1. The normalized spacial score (nSPS) is 33.2. The van der Waals surface area contributed by atoms with Crippen molar-refractivity contribution in [2.24, 2.45) is 17.3 Å². The van der Waals surface area contributed by atoms with Crippen molar-refractivity contribution in [3.63, 3.8) is 0 Å². The molecule has 29 heavy (non-hydrogen) atoms. The molecular weight excluding hydrogens is 372 g/mol. The summed E-state index contributed by atoms with van der Waals surface area (Å²) in [5, 5.41) is 21.4. The number of aromatic hydroxyl groups is 1. The molecule has 0 heterocycles. The van der Waals surface area contributed by atoms with Gasteiger partial charge < -0.3 is 19.7 Å². The average molecular weight is 402 g/mol. The molecule has 0 amide bonds. The first-order valence-corrected chi connectivity index (χ1v) is 10.1. The minimum absolute atomic E-state index is 0.0280. The van der Waals surface area contributed by atoms with Crippen LogP contribution in [0.3, 0.4) is 0 Å². The van der Waals surface area contributed by atoms with Crippen LogP contribution in [0.4, 0.5) is 0 Å². The van der Waals surface area contributed by atoms with E-state index in [4.69, 9.17) is 9.47 Å². The molecule has 0 radical (unpaired) electrons. The second-order valence-electron chi connectivity index (χ2n) is 8.54. The van der Waals surface area contributed by atoms with Gasteiger partial charge in [-0.15, -0.1) is 0 Å². The first kappa shape index (κ1) is 21.4. The Kier molecular flexibility index (Phi) is 5.52. The Morgan fingerprint density at radius 1 is 1.34 bits per heavy atom. The number of hydrogen-bond donors (Lipinski definition) is 2. The van der Waals surface area contributed by atoms with E-state index in [1.807, 2.05) is 13.8 Å². The lowest BCUT2D eigenvalue weighted by atomic mass is 9.45. The van der Waals surface area contributed by atoms with Crippen molar-refractivity contribution in [3.8, 4) is 11.5 Å². The molecule has 2 N–H and O–H groups in total. The van der Waals surface area contributed by atoms with Crippen LogP contribution in [0, 0.1) is 24.2 Å². The number of carbonyl (C=O) groups excluding carboxylic acids is 2. The molecule has 1 aromatic rings. The van der Waals surface area contributed by atoms with Gasteiger partial charge in [-0.2, -0.15) is 0 Å². The molecule has 0 unspecified atom stereocenters. The van der Waals surface area contributed by atoms with Gasteiger partial charge in [0, 0.05) is 12.0 Å². The van der Waals surface area contributed by atoms with E-state index in [1.54, 1.807) is 19.1 Å². The number of aliphatic hydroxyl groups is 1. The first-order valence-electron chi connectivity index (χ1n) is 10.1. The van der Waals surface area contributed by atoms with Crippen molar-refractivity contribution in [3.05, 3.63) is 34.9 Å². The minimum Gasteiger partial charge on any atom is -0.507 e. The summed E-state index contributed by atoms with van der Waals surface area (Å²) in [4.78, 5) is 24.6. The second-order valence-corrected chi connectivity index (χ2v) is 8.54. The predicted molar refractivity (Wildman–Crippen MR) is 108 cm³/mol. The predicted octanol–water partition coefficient (Wildman–Crippen LogP) is 3.57. The third-order valence-electron chi connectivity index (χ3n) is 7.00. The fourth-order valence-electron chi connectivity index (χ4n) is 5.65. The van der Waals surface area contributed by atoms with Gasteiger partial charge in [0.1, 0.15) is 29.5 Å². The highest BCUT2D eigenvalue weighted by atomic mass is 16.5. The average Bonchev–Trinajstić information content (AvgIpc) is 2.65. The van der Waals surface area contributed by atoms with Crippen molar-refractivity contribution in [1.29, 1.82) is 0 Å². The molecular formula is C23H30O6. The fourth-order valence-corrected chi connectivity index (χ4v) is 5.65. The van der Waals surface area contributed by atoms with Gasteiger partial charge in [-0.05, 0) is 60.8 Å². The number of fused-ring (bicyclic) bond motifs is 1. The first-order chi connectivity index (χ1) is 13.6. The van der Waals surface area contributed by atoms with Gasteiger partial charge >= 0.3 is 5.97 Å². The number of carbonyl (C=O) groups is 2. The summed E-state index contributed by atoms with van der Waals surface area (Å²) in [6.45, 7) is 7.71. The number of aryl methyl sites for hydroxylation is 1. The van der Waals surface area contributed by atoms with Crippen LogP contribution in [0.25, 0.3) is 0 Å². The van der Waals surface area contributed by atoms with E-state index in [9.17, 15) is 19.8 Å². The van der Waals surface area contributed by atoms with Crippen LogP contribution in [0.5, 0.6) is 11.5 Å². The third kappa shape index (κ3) is 3.23. The number of hydrogen-bond acceptors (Lipinski definition) is 6. The molecule has 6 heteroatoms. The zero-order valence-corrected chi connectivity index (χ0v) is 17.7. The Morgan fingerprint density at radius 2 is 2.03 bits per heavy atom. The number of phenolic OH excluding ortho intramolecular Hbond substituents is 1. The van der Waals surface area contributed by atoms with E-state index in [1.165, 1.54) is 13.2 Å². The number of esters is 1. The third-order valence-corrected chi connectivity index (χ3v) is 7.00. The molecule has 5 atom stereocenters. The zero-order valence-electron chi connectivity index (χ0n) is 17.7. The molecule has 158 valence electrons. The van der Waals surface area contributed by atoms with Gasteiger partial charge in [0.2, 0.25) is 0 Å². The molecule has 0 bridgehead atoms. The van der Waals surface area contributed by atoms with Crippen molar-refractivity contribution >= 4 is 12.3 Å². The summed E-state index contributed by atoms with van der Waals surface area (Å²) in [5.74, 6) is -0.656. The minimum atomic E-state index is -1.03. The van der Waals surface area contributed by atoms with Gasteiger partial charge in [-0.25, -0.2) is 4.79 Å². The van der Waals surface area contributed by atoms with Gasteiger partial charge in [0.25, 0.3) is 0 Å². The largest absolute Gasteiger partial charge is 0.507 e. The highest BCUT2D eigenvalue weighted by Gasteiger charge is 2.63. The van der Waals surface area contributed by atoms with Crippen molar-refractivity contribution in [2.75, 3.05) is 7.11 Å². The number of benzene rings is 1. The van der Waals surface area contributed by atoms with Crippen LogP contribution >= 0.6 is 0 Å². The van der Waals surface area contributed by atoms with E-state index in [2.05, 4.69) is 6.92 Å². The molecule has 3 rings (SSSR count). The highest BCUT2D eigenvalue weighted by molar-refractivity contribution is 5.94. The van der Waals surface area contributed by atoms with Crippen LogP contribution < -0.4 is 4.74 Å². The van der Waals surface area contributed by atoms with Crippen LogP contribution in [-0.4, -0.2) is 41.3 Å². The van der Waals surface area contributed by atoms with E-state index in [-0.39, 0.29) is 28.6 Å². The molecule has 1 fully saturated rings. The number of methoxy groups -OCH3 is 1. The van der Waals surface area contributed by atoms with E-state index in [0.717, 1.165) is 12.7 Å². The Balaban J connectivity index is 1.89. The van der Waals surface area contributed by atoms with E-state index in [0.29, 0.717) is 29.7 Å². The number of aldehydes is 1. The lowest BCUT2D eigenvalue weighted by Gasteiger charge is -2.62. The monoisotopic (exact) mass is 402 g/mol. The van der Waals surface area contributed by atoms with Gasteiger partial charge in [-0.1, -0.05) is 20.8 Å². The Bertz CT molecular complexity index is 836. The second kappa shape index (κ2) is 7.48. The Hall–Kier alpha value is -2.34. The zero-order chi connectivity index (χ0) is 21.6. The SMILES string of the molecule is CC[C@H]1[C@@]2(C)C[C@@H](OC(=O)c3c(C)cc(OC)cc3O)[C@H]2C(C=O)=C[C@]1(O)CC. The molecule has 0 aromatic heterocycles. The standard InChI is InChI=1S/C23H30O6/c1-6-18-22(4)11-17(20(22)14(12-24)10-23(18,27)7-2)29-21(26)19-13(3)8-15(28-5)9-16(19)25/h8-10,12,17-18,20,25,27H,6-7,11H2,1-5H3/t17-,18+,20-,22-,23-/m1/s1. The summed E-state index contributed by atoms with van der Waals surface area (Å²) in [6, 6.07) is 3.04. The topological polar surface area (TPSA) is 93.1 Å². The van der Waals surface area contributed by atoms with Crippen LogP contribution in [0.1, 0.15) is 56.0 Å². The lowest BCUT2D eigenvalue weighted by molar-refractivity contribution is -0.173. The van der Waals surface area contributed by atoms with Crippen molar-refractivity contribution < 1.29 is 29.3 Å². The fraction of sp³-hybridized carbons (Fsp3) is 0.565. The molecule has 1 aromatic carbocycles. The van der Waals surface area contributed by atoms with E-state index < -0.39 is 17.7 Å². The molecule has 1 saturated carbocycles. The van der Waals surface area contributed by atoms with Crippen molar-refractivity contribution in [1.82, 2.24) is 0 Å². The number of ether oxygens (including phenoxy) is 2. The maximum Gasteiger partial charge on any atom is 0.342 e. The molecule has 0 saturated heterocycles. The summed E-state index contributed by atoms with van der Waals surface area (Å²) in [7, 11) is 1.49. The van der Waals surface area contributed by atoms with Crippen LogP contribution in [-0.2, 0) is 9.53 Å². The Labute approximate surface area is 171 Å². The van der Waals surface area contributed by atoms with Crippen molar-refractivity contribution in [2.45, 2.75) is 58.7 Å². The smallest absolute Gasteiger partial charge is 0.342 e.